The Morgan fingerprint density at radius 3 is 2.36 bits per heavy atom. The van der Waals surface area contributed by atoms with Crippen molar-refractivity contribution in [3.63, 3.8) is 0 Å². The molecule has 0 saturated carbocycles. The van der Waals surface area contributed by atoms with Gasteiger partial charge in [0, 0.05) is 16.8 Å². The highest BCUT2D eigenvalue weighted by Gasteiger charge is 2.17. The molecule has 0 aromatic heterocycles. The maximum atomic E-state index is 11.9. The minimum absolute atomic E-state index is 0.208. The topological polar surface area (TPSA) is 78.4 Å². The molecule has 2 amide bonds. The van der Waals surface area contributed by atoms with E-state index in [4.69, 9.17) is 5.11 Å². The molecule has 2 aromatic rings. The Kier molecular flexibility index (Phi) is 6.76. The van der Waals surface area contributed by atoms with Crippen LogP contribution in [0, 0.1) is 11.8 Å². The van der Waals surface area contributed by atoms with Gasteiger partial charge in [-0.25, -0.2) is 0 Å². The lowest BCUT2D eigenvalue weighted by Crippen LogP contribution is -2.43. The third-order valence-corrected chi connectivity index (χ3v) is 3.50. The minimum atomic E-state index is -0.778. The van der Waals surface area contributed by atoms with E-state index in [1.54, 1.807) is 18.2 Å². The van der Waals surface area contributed by atoms with Crippen molar-refractivity contribution >= 4 is 17.5 Å². The fraction of sp³-hybridized carbons (Fsp3) is 0.200. The standard InChI is InChI=1S/C20H20N2O3/c1-2-17(14-23)21-19(24)20(25)22-18-10-6-9-16(13-18)12-11-15-7-4-3-5-8-15/h3-10,13,17,23H,2,14H2,1H3,(H,21,24)(H,22,25). The smallest absolute Gasteiger partial charge is 0.313 e. The Bertz CT molecular complexity index is 787. The van der Waals surface area contributed by atoms with Gasteiger partial charge < -0.3 is 15.7 Å². The summed E-state index contributed by atoms with van der Waals surface area (Å²) < 4.78 is 0. The van der Waals surface area contributed by atoms with Crippen LogP contribution in [0.4, 0.5) is 5.69 Å². The summed E-state index contributed by atoms with van der Waals surface area (Å²) in [6.07, 6.45) is 0.542. The van der Waals surface area contributed by atoms with E-state index in [1.165, 1.54) is 0 Å². The number of hydrogen-bond acceptors (Lipinski definition) is 3. The summed E-state index contributed by atoms with van der Waals surface area (Å²) in [5.74, 6) is 4.50. The van der Waals surface area contributed by atoms with Crippen LogP contribution < -0.4 is 10.6 Å². The molecule has 5 heteroatoms. The van der Waals surface area contributed by atoms with Crippen LogP contribution in [0.25, 0.3) is 0 Å². The first-order chi connectivity index (χ1) is 12.1. The van der Waals surface area contributed by atoms with Gasteiger partial charge in [-0.3, -0.25) is 9.59 Å². The van der Waals surface area contributed by atoms with E-state index in [0.29, 0.717) is 12.1 Å². The highest BCUT2D eigenvalue weighted by Crippen LogP contribution is 2.10. The average Bonchev–Trinajstić information content (AvgIpc) is 2.65. The molecule has 0 spiro atoms. The lowest BCUT2D eigenvalue weighted by molar-refractivity contribution is -0.136. The van der Waals surface area contributed by atoms with E-state index >= 15 is 0 Å². The predicted molar refractivity (Wildman–Crippen MR) is 96.8 cm³/mol. The molecule has 2 aromatic carbocycles. The molecule has 0 aliphatic carbocycles. The first-order valence-corrected chi connectivity index (χ1v) is 8.02. The number of aliphatic hydroxyl groups excluding tert-OH is 1. The van der Waals surface area contributed by atoms with Gasteiger partial charge >= 0.3 is 11.8 Å². The normalized spacial score (nSPS) is 11.0. The molecule has 5 nitrogen and oxygen atoms in total. The van der Waals surface area contributed by atoms with Crippen molar-refractivity contribution in [3.05, 3.63) is 65.7 Å². The Hall–Kier alpha value is -3.10. The predicted octanol–water partition coefficient (Wildman–Crippen LogP) is 1.91. The van der Waals surface area contributed by atoms with Gasteiger partial charge in [-0.05, 0) is 36.8 Å². The Labute approximate surface area is 147 Å². The maximum absolute atomic E-state index is 11.9. The van der Waals surface area contributed by atoms with Crippen molar-refractivity contribution < 1.29 is 14.7 Å². The SMILES string of the molecule is CCC(CO)NC(=O)C(=O)Nc1cccc(C#Cc2ccccc2)c1. The van der Waals surface area contributed by atoms with Crippen LogP contribution in [0.5, 0.6) is 0 Å². The summed E-state index contributed by atoms with van der Waals surface area (Å²) in [7, 11) is 0. The number of anilines is 1. The van der Waals surface area contributed by atoms with Crippen molar-refractivity contribution in [2.45, 2.75) is 19.4 Å². The molecule has 128 valence electrons. The zero-order chi connectivity index (χ0) is 18.1. The van der Waals surface area contributed by atoms with E-state index < -0.39 is 17.9 Å². The van der Waals surface area contributed by atoms with Gasteiger partial charge in [-0.2, -0.15) is 0 Å². The highest BCUT2D eigenvalue weighted by atomic mass is 16.3. The molecule has 0 bridgehead atoms. The summed E-state index contributed by atoms with van der Waals surface area (Å²) in [4.78, 5) is 23.7. The zero-order valence-electron chi connectivity index (χ0n) is 14.0. The molecule has 0 aliphatic heterocycles. The number of amides is 2. The summed E-state index contributed by atoms with van der Waals surface area (Å²) >= 11 is 0. The molecular weight excluding hydrogens is 316 g/mol. The van der Waals surface area contributed by atoms with Crippen molar-refractivity contribution in [2.75, 3.05) is 11.9 Å². The monoisotopic (exact) mass is 336 g/mol. The highest BCUT2D eigenvalue weighted by molar-refractivity contribution is 6.39. The maximum Gasteiger partial charge on any atom is 0.313 e. The first kappa shape index (κ1) is 18.2. The Morgan fingerprint density at radius 2 is 1.68 bits per heavy atom. The number of aliphatic hydroxyl groups is 1. The quantitative estimate of drug-likeness (QED) is 0.589. The lowest BCUT2D eigenvalue weighted by atomic mass is 10.1. The molecule has 0 aliphatic rings. The van der Waals surface area contributed by atoms with Crippen molar-refractivity contribution in [2.24, 2.45) is 0 Å². The largest absolute Gasteiger partial charge is 0.394 e. The van der Waals surface area contributed by atoms with Crippen molar-refractivity contribution in [1.29, 1.82) is 0 Å². The molecular formula is C20H20N2O3. The van der Waals surface area contributed by atoms with Gasteiger partial charge in [0.05, 0.1) is 12.6 Å². The van der Waals surface area contributed by atoms with Crippen LogP contribution in [-0.2, 0) is 9.59 Å². The number of carbonyl (C=O) groups excluding carboxylic acids is 2. The van der Waals surface area contributed by atoms with Gasteiger partial charge in [-0.15, -0.1) is 0 Å². The van der Waals surface area contributed by atoms with Crippen LogP contribution in [0.1, 0.15) is 24.5 Å². The molecule has 0 heterocycles. The van der Waals surface area contributed by atoms with Gasteiger partial charge in [0.1, 0.15) is 0 Å². The van der Waals surface area contributed by atoms with Gasteiger partial charge in [0.15, 0.2) is 0 Å². The van der Waals surface area contributed by atoms with Crippen LogP contribution in [0.15, 0.2) is 54.6 Å². The van der Waals surface area contributed by atoms with Crippen LogP contribution in [0.2, 0.25) is 0 Å². The second-order valence-corrected chi connectivity index (χ2v) is 5.41. The molecule has 25 heavy (non-hydrogen) atoms. The van der Waals surface area contributed by atoms with Crippen molar-refractivity contribution in [3.8, 4) is 11.8 Å². The summed E-state index contributed by atoms with van der Waals surface area (Å²) in [5, 5.41) is 14.1. The molecule has 0 fully saturated rings. The van der Waals surface area contributed by atoms with Gasteiger partial charge in [0.25, 0.3) is 0 Å². The van der Waals surface area contributed by atoms with E-state index in [1.807, 2.05) is 43.3 Å². The number of nitrogens with one attached hydrogen (secondary N) is 2. The molecule has 0 saturated heterocycles. The molecule has 1 atom stereocenters. The first-order valence-electron chi connectivity index (χ1n) is 8.02. The van der Waals surface area contributed by atoms with E-state index in [9.17, 15) is 9.59 Å². The molecule has 0 radical (unpaired) electrons. The Morgan fingerprint density at radius 1 is 1.00 bits per heavy atom. The van der Waals surface area contributed by atoms with Gasteiger partial charge in [-0.1, -0.05) is 43.0 Å². The van der Waals surface area contributed by atoms with Crippen LogP contribution in [-0.4, -0.2) is 29.6 Å². The van der Waals surface area contributed by atoms with E-state index in [0.717, 1.165) is 11.1 Å². The molecule has 1 unspecified atom stereocenters. The van der Waals surface area contributed by atoms with Crippen molar-refractivity contribution in [1.82, 2.24) is 5.32 Å². The third-order valence-electron chi connectivity index (χ3n) is 3.50. The number of benzene rings is 2. The average molecular weight is 336 g/mol. The summed E-state index contributed by atoms with van der Waals surface area (Å²) in [5.41, 5.74) is 2.10. The third kappa shape index (κ3) is 5.79. The Balaban J connectivity index is 2.03. The zero-order valence-corrected chi connectivity index (χ0v) is 14.0. The minimum Gasteiger partial charge on any atom is -0.394 e. The second-order valence-electron chi connectivity index (χ2n) is 5.41. The molecule has 2 rings (SSSR count). The van der Waals surface area contributed by atoms with Crippen LogP contribution in [0.3, 0.4) is 0 Å². The van der Waals surface area contributed by atoms with Crippen LogP contribution >= 0.6 is 0 Å². The number of rotatable bonds is 4. The van der Waals surface area contributed by atoms with Gasteiger partial charge in [0.2, 0.25) is 0 Å². The molecule has 3 N–H and O–H groups in total. The number of hydrogen-bond donors (Lipinski definition) is 3. The van der Waals surface area contributed by atoms with E-state index in [-0.39, 0.29) is 6.61 Å². The second kappa shape index (κ2) is 9.26. The lowest BCUT2D eigenvalue weighted by Gasteiger charge is -2.13. The fourth-order valence-corrected chi connectivity index (χ4v) is 2.06. The number of carbonyl (C=O) groups is 2. The van der Waals surface area contributed by atoms with E-state index in [2.05, 4.69) is 22.5 Å². The fourth-order valence-electron chi connectivity index (χ4n) is 2.06. The summed E-state index contributed by atoms with van der Waals surface area (Å²) in [6.45, 7) is 1.61. The summed E-state index contributed by atoms with van der Waals surface area (Å²) in [6, 6.07) is 16.1.